The maximum Gasteiger partial charge on any atom is 0.240 e. The minimum atomic E-state index is 0.0215. The van der Waals surface area contributed by atoms with Gasteiger partial charge in [-0.2, -0.15) is 0 Å². The highest BCUT2D eigenvalue weighted by Crippen LogP contribution is 2.37. The van der Waals surface area contributed by atoms with Crippen molar-refractivity contribution in [1.29, 1.82) is 0 Å². The molecule has 0 fully saturated rings. The summed E-state index contributed by atoms with van der Waals surface area (Å²) in [4.78, 5) is 16.0. The summed E-state index contributed by atoms with van der Waals surface area (Å²) in [5.74, 6) is 0.0982. The fourth-order valence-corrected chi connectivity index (χ4v) is 4.43. The predicted molar refractivity (Wildman–Crippen MR) is 107 cm³/mol. The third-order valence-electron chi connectivity index (χ3n) is 4.48. The second kappa shape index (κ2) is 8.26. The molecule has 1 N–H and O–H groups in total. The molecule has 3 rings (SSSR count). The largest absolute Gasteiger partial charge is 0.310 e. The molecular weight excluding hydrogens is 352 g/mol. The van der Waals surface area contributed by atoms with Gasteiger partial charge in [-0.15, -0.1) is 11.8 Å². The lowest BCUT2D eigenvalue weighted by atomic mass is 10.1. The van der Waals surface area contributed by atoms with Crippen LogP contribution in [0.25, 0.3) is 0 Å². The summed E-state index contributed by atoms with van der Waals surface area (Å²) >= 11 is 8.09. The lowest BCUT2D eigenvalue weighted by Gasteiger charge is -2.24. The second-order valence-corrected chi connectivity index (χ2v) is 8.24. The number of nitrogens with zero attached hydrogens (tertiary/aromatic N) is 1. The Hall–Kier alpha value is -1.49. The average molecular weight is 375 g/mol. The quantitative estimate of drug-likeness (QED) is 0.825. The van der Waals surface area contributed by atoms with Crippen LogP contribution in [-0.2, 0) is 4.79 Å². The first kappa shape index (κ1) is 18.3. The summed E-state index contributed by atoms with van der Waals surface area (Å²) in [7, 11) is 0. The normalized spacial score (nSPS) is 18.4. The van der Waals surface area contributed by atoms with E-state index < -0.39 is 0 Å². The molecule has 25 heavy (non-hydrogen) atoms. The van der Waals surface area contributed by atoms with E-state index in [1.165, 1.54) is 4.90 Å². The van der Waals surface area contributed by atoms with Crippen LogP contribution in [-0.4, -0.2) is 24.2 Å². The number of carbonyl (C=O) groups excluding carboxylic acids is 1. The fraction of sp³-hybridized carbons (Fsp3) is 0.350. The molecule has 0 bridgehead atoms. The van der Waals surface area contributed by atoms with Gasteiger partial charge in [0.25, 0.3) is 0 Å². The van der Waals surface area contributed by atoms with Gasteiger partial charge in [0.2, 0.25) is 5.91 Å². The van der Waals surface area contributed by atoms with Gasteiger partial charge in [0.15, 0.2) is 0 Å². The molecule has 2 aromatic carbocycles. The molecule has 1 aliphatic rings. The van der Waals surface area contributed by atoms with E-state index in [1.807, 2.05) is 66.1 Å². The summed E-state index contributed by atoms with van der Waals surface area (Å²) in [6.45, 7) is 5.29. The Morgan fingerprint density at radius 3 is 2.80 bits per heavy atom. The summed E-state index contributed by atoms with van der Waals surface area (Å²) in [5.41, 5.74) is 2.03. The van der Waals surface area contributed by atoms with Crippen molar-refractivity contribution in [1.82, 2.24) is 5.32 Å². The highest BCUT2D eigenvalue weighted by atomic mass is 35.5. The number of thioether (sulfide) groups is 1. The maximum absolute atomic E-state index is 12.9. The first-order valence-corrected chi connectivity index (χ1v) is 9.86. The Balaban J connectivity index is 1.70. The van der Waals surface area contributed by atoms with Crippen LogP contribution in [0.4, 0.5) is 5.69 Å². The molecule has 0 aromatic heterocycles. The van der Waals surface area contributed by atoms with E-state index in [-0.39, 0.29) is 11.9 Å². The van der Waals surface area contributed by atoms with Crippen LogP contribution in [0, 0.1) is 0 Å². The zero-order chi connectivity index (χ0) is 17.8. The zero-order valence-electron chi connectivity index (χ0n) is 14.5. The Morgan fingerprint density at radius 2 is 2.00 bits per heavy atom. The topological polar surface area (TPSA) is 32.3 Å². The number of fused-ring (bicyclic) bond motifs is 1. The fourth-order valence-electron chi connectivity index (χ4n) is 3.02. The van der Waals surface area contributed by atoms with E-state index in [0.29, 0.717) is 11.8 Å². The molecule has 0 aliphatic carbocycles. The van der Waals surface area contributed by atoms with Gasteiger partial charge in [0.1, 0.15) is 0 Å². The number of hydrogen-bond donors (Lipinski definition) is 1. The summed E-state index contributed by atoms with van der Waals surface area (Å²) in [6, 6.07) is 15.9. The van der Waals surface area contributed by atoms with Gasteiger partial charge >= 0.3 is 0 Å². The maximum atomic E-state index is 12.9. The number of anilines is 1. The van der Waals surface area contributed by atoms with Gasteiger partial charge in [0.05, 0.1) is 12.2 Å². The van der Waals surface area contributed by atoms with Crippen molar-refractivity contribution in [3.63, 3.8) is 0 Å². The molecule has 0 saturated heterocycles. The van der Waals surface area contributed by atoms with Gasteiger partial charge in [-0.3, -0.25) is 4.79 Å². The van der Waals surface area contributed by atoms with Crippen molar-refractivity contribution < 1.29 is 4.79 Å². The van der Waals surface area contributed by atoms with Crippen molar-refractivity contribution in [2.24, 2.45) is 0 Å². The molecule has 3 nitrogen and oxygen atoms in total. The molecule has 132 valence electrons. The number of amides is 1. The van der Waals surface area contributed by atoms with Crippen LogP contribution < -0.4 is 10.2 Å². The van der Waals surface area contributed by atoms with E-state index >= 15 is 0 Å². The minimum Gasteiger partial charge on any atom is -0.310 e. The number of para-hydroxylation sites is 1. The van der Waals surface area contributed by atoms with Crippen molar-refractivity contribution in [2.75, 3.05) is 18.0 Å². The Kier molecular flexibility index (Phi) is 6.05. The number of halogens is 1. The van der Waals surface area contributed by atoms with E-state index in [0.717, 1.165) is 29.2 Å². The van der Waals surface area contributed by atoms with Crippen molar-refractivity contribution in [2.45, 2.75) is 36.5 Å². The first-order valence-electron chi connectivity index (χ1n) is 8.60. The molecule has 0 spiro atoms. The smallest absolute Gasteiger partial charge is 0.240 e. The van der Waals surface area contributed by atoms with Crippen molar-refractivity contribution in [3.8, 4) is 0 Å². The van der Waals surface area contributed by atoms with Gasteiger partial charge in [-0.25, -0.2) is 0 Å². The van der Waals surface area contributed by atoms with Crippen molar-refractivity contribution >= 4 is 35.0 Å². The molecule has 1 aliphatic heterocycles. The average Bonchev–Trinajstić information content (AvgIpc) is 2.78. The molecule has 1 amide bonds. The third kappa shape index (κ3) is 4.38. The van der Waals surface area contributed by atoms with Crippen molar-refractivity contribution in [3.05, 3.63) is 59.1 Å². The van der Waals surface area contributed by atoms with Crippen LogP contribution in [0.1, 0.15) is 31.9 Å². The Bertz CT molecular complexity index is 752. The number of benzene rings is 2. The molecule has 2 aromatic rings. The van der Waals surface area contributed by atoms with Crippen LogP contribution in [0.2, 0.25) is 5.02 Å². The van der Waals surface area contributed by atoms with Gasteiger partial charge < -0.3 is 10.2 Å². The van der Waals surface area contributed by atoms with Crippen LogP contribution in [0.5, 0.6) is 0 Å². The van der Waals surface area contributed by atoms with E-state index in [9.17, 15) is 4.79 Å². The molecule has 0 saturated carbocycles. The highest BCUT2D eigenvalue weighted by molar-refractivity contribution is 8.00. The molecule has 1 heterocycles. The molecular formula is C20H23ClN2OS. The Labute approximate surface area is 158 Å². The minimum absolute atomic E-state index is 0.0215. The van der Waals surface area contributed by atoms with Crippen LogP contribution >= 0.6 is 23.4 Å². The first-order chi connectivity index (χ1) is 12.1. The SMILES string of the molecule is C[C@@H]1CCN(C(=O)CN[C@H](C)c2ccccc2Cl)c2ccccc2S1. The van der Waals surface area contributed by atoms with Crippen LogP contribution in [0.3, 0.4) is 0 Å². The monoisotopic (exact) mass is 374 g/mol. The Morgan fingerprint density at radius 1 is 1.28 bits per heavy atom. The lowest BCUT2D eigenvalue weighted by molar-refractivity contribution is -0.117. The van der Waals surface area contributed by atoms with Gasteiger partial charge in [-0.1, -0.05) is 48.9 Å². The standard InChI is InChI=1S/C20H23ClN2OS/c1-14-11-12-23(18-9-5-6-10-19(18)25-14)20(24)13-22-15(2)16-7-3-4-8-17(16)21/h3-10,14-15,22H,11-13H2,1-2H3/t14-,15-/m1/s1. The zero-order valence-corrected chi connectivity index (χ0v) is 16.1. The molecule has 0 unspecified atom stereocenters. The molecule has 0 radical (unpaired) electrons. The van der Waals surface area contributed by atoms with E-state index in [2.05, 4.69) is 18.3 Å². The van der Waals surface area contributed by atoms with Gasteiger partial charge in [-0.05, 0) is 37.1 Å². The summed E-state index contributed by atoms with van der Waals surface area (Å²) in [5, 5.41) is 4.55. The highest BCUT2D eigenvalue weighted by Gasteiger charge is 2.24. The predicted octanol–water partition coefficient (Wildman–Crippen LogP) is 4.91. The number of nitrogens with one attached hydrogen (secondary N) is 1. The van der Waals surface area contributed by atoms with Crippen LogP contribution in [0.15, 0.2) is 53.4 Å². The number of rotatable bonds is 4. The second-order valence-electron chi connectivity index (χ2n) is 6.35. The lowest BCUT2D eigenvalue weighted by Crippen LogP contribution is -2.39. The molecule has 5 heteroatoms. The third-order valence-corrected chi connectivity index (χ3v) is 6.06. The summed E-state index contributed by atoms with van der Waals surface area (Å²) in [6.07, 6.45) is 0.991. The van der Waals surface area contributed by atoms with E-state index in [1.54, 1.807) is 0 Å². The molecule has 2 atom stereocenters. The van der Waals surface area contributed by atoms with E-state index in [4.69, 9.17) is 11.6 Å². The number of hydrogen-bond acceptors (Lipinski definition) is 3. The summed E-state index contributed by atoms with van der Waals surface area (Å²) < 4.78 is 0. The number of carbonyl (C=O) groups is 1. The van der Waals surface area contributed by atoms with Gasteiger partial charge in [0, 0.05) is 27.8 Å².